The van der Waals surface area contributed by atoms with E-state index in [1.54, 1.807) is 18.2 Å². The Bertz CT molecular complexity index is 2870. The van der Waals surface area contributed by atoms with Crippen molar-refractivity contribution in [3.05, 3.63) is 108 Å². The van der Waals surface area contributed by atoms with E-state index in [1.165, 1.54) is 108 Å². The van der Waals surface area contributed by atoms with Crippen molar-refractivity contribution < 1.29 is 52.5 Å². The molecule has 1 aliphatic heterocycles. The zero-order valence-electron chi connectivity index (χ0n) is 64.0. The second-order valence-electron chi connectivity index (χ2n) is 29.7. The number of rotatable bonds is 40. The standard InChI is InChI=1S/C31H49NO4.C27H42N2O3.C27H41NO4/c1-5-7-8-9-10-11-12-13-24-35-27-19-14-25(15-20-27)16-23-29(33)36-28-21-17-26(18-22-28)32-30(34)31(3,4)6-2;1-5-7-8-9-10-11-22-32-24-15-12-23(13-16-24)14-17-25(30)28-18-20-29(21-19-28)26(31)27(3,4)6-2;1-5-7-8-9-20-31-23-15-10-21(11-16-23)12-19-25(29)32-24-17-13-22(14-18-24)28-26(30)27(3,4)6-2/h14-16,19-20,23,26,28H,5-13,17-18,21-22,24H2,1-4H3,(H,32,34);12-17H,5-11,18-22H2,1-4H3;10-12,15-16,19,22,24H,5-9,13-14,17-18,20H2,1-4H3,(H,28,30)/b23-16+;17-14+;19-12+. The van der Waals surface area contributed by atoms with Crippen LogP contribution >= 0.6 is 0 Å². The zero-order chi connectivity index (χ0) is 73.0. The summed E-state index contributed by atoms with van der Waals surface area (Å²) in [6, 6.07) is 23.8. The van der Waals surface area contributed by atoms with Crippen LogP contribution in [0.25, 0.3) is 18.2 Å². The van der Waals surface area contributed by atoms with E-state index in [2.05, 4.69) is 31.4 Å². The molecule has 2 N–H and O–H groups in total. The molecular weight excluding hydrogens is 1250 g/mol. The van der Waals surface area contributed by atoms with Crippen molar-refractivity contribution in [3.8, 4) is 17.2 Å². The molecule has 4 amide bonds. The fourth-order valence-electron chi connectivity index (χ4n) is 11.7. The Labute approximate surface area is 604 Å². The molecule has 0 spiro atoms. The third-order valence-corrected chi connectivity index (χ3v) is 20.1. The van der Waals surface area contributed by atoms with Crippen LogP contribution in [0.5, 0.6) is 17.2 Å². The molecule has 0 radical (unpaired) electrons. The van der Waals surface area contributed by atoms with Gasteiger partial charge in [0.1, 0.15) is 29.5 Å². The summed E-state index contributed by atoms with van der Waals surface area (Å²) in [5.41, 5.74) is 1.83. The number of hydrogen-bond donors (Lipinski definition) is 2. The molecule has 6 rings (SSSR count). The Morgan fingerprint density at radius 2 is 0.670 bits per heavy atom. The van der Waals surface area contributed by atoms with Crippen LogP contribution in [0.4, 0.5) is 0 Å². The van der Waals surface area contributed by atoms with Gasteiger partial charge in [0.15, 0.2) is 0 Å². The van der Waals surface area contributed by atoms with Crippen molar-refractivity contribution in [2.75, 3.05) is 46.0 Å². The summed E-state index contributed by atoms with van der Waals surface area (Å²) < 4.78 is 28.6. The van der Waals surface area contributed by atoms with E-state index in [9.17, 15) is 28.8 Å². The molecular formula is C85H132N4O11. The fraction of sp³-hybridized carbons (Fsp3) is 0.647. The SMILES string of the molecule is CCCCCCCCCCOc1ccc(/C=C/C(=O)OC2CCC(NC(=O)C(C)(C)CC)CC2)cc1.CCCCCCCCOc1ccc(/C=C/C(=O)N2CCN(C(=O)C(C)(C)CC)CC2)cc1.CCCCCCOc1ccc(/C=C/C(=O)OC2CCC(NC(=O)C(C)(C)CC)CC2)cc1. The quantitative estimate of drug-likeness (QED) is 0.0314. The van der Waals surface area contributed by atoms with Gasteiger partial charge in [-0.2, -0.15) is 0 Å². The van der Waals surface area contributed by atoms with Crippen molar-refractivity contribution in [2.24, 2.45) is 16.2 Å². The van der Waals surface area contributed by atoms with Crippen LogP contribution in [0, 0.1) is 16.2 Å². The smallest absolute Gasteiger partial charge is 0.331 e. The van der Waals surface area contributed by atoms with Gasteiger partial charge in [-0.3, -0.25) is 19.2 Å². The average molecular weight is 1390 g/mol. The van der Waals surface area contributed by atoms with E-state index in [-0.39, 0.29) is 76.1 Å². The first-order valence-corrected chi connectivity index (χ1v) is 38.9. The number of amides is 4. The van der Waals surface area contributed by atoms with Crippen molar-refractivity contribution in [1.82, 2.24) is 20.4 Å². The molecule has 2 saturated carbocycles. The highest BCUT2D eigenvalue weighted by atomic mass is 16.5. The topological polar surface area (TPSA) is 179 Å². The highest BCUT2D eigenvalue weighted by Gasteiger charge is 2.34. The van der Waals surface area contributed by atoms with Gasteiger partial charge in [0, 0.05) is 72.7 Å². The number of nitrogens with one attached hydrogen (secondary N) is 2. The van der Waals surface area contributed by atoms with E-state index in [0.717, 1.165) is 144 Å². The largest absolute Gasteiger partial charge is 0.494 e. The molecule has 15 nitrogen and oxygen atoms in total. The minimum Gasteiger partial charge on any atom is -0.494 e. The Balaban J connectivity index is 0.000000319. The number of unbranched alkanes of at least 4 members (excludes halogenated alkanes) is 15. The van der Waals surface area contributed by atoms with Crippen LogP contribution in [0.3, 0.4) is 0 Å². The minimum atomic E-state index is -0.342. The summed E-state index contributed by atoms with van der Waals surface area (Å²) in [4.78, 5) is 78.1. The third kappa shape index (κ3) is 34.6. The molecule has 3 aromatic rings. The summed E-state index contributed by atoms with van der Waals surface area (Å²) in [7, 11) is 0. The number of benzene rings is 3. The second kappa shape index (κ2) is 48.1. The normalized spacial score (nSPS) is 17.4. The molecule has 15 heteroatoms. The fourth-order valence-corrected chi connectivity index (χ4v) is 11.7. The van der Waals surface area contributed by atoms with Crippen molar-refractivity contribution in [2.45, 2.75) is 294 Å². The zero-order valence-corrected chi connectivity index (χ0v) is 64.0. The third-order valence-electron chi connectivity index (χ3n) is 20.1. The first-order valence-electron chi connectivity index (χ1n) is 38.9. The monoisotopic (exact) mass is 1380 g/mol. The molecule has 3 fully saturated rings. The first kappa shape index (κ1) is 85.5. The lowest BCUT2D eigenvalue weighted by atomic mass is 9.87. The van der Waals surface area contributed by atoms with Gasteiger partial charge in [0.25, 0.3) is 0 Å². The lowest BCUT2D eigenvalue weighted by Gasteiger charge is -2.38. The maximum Gasteiger partial charge on any atom is 0.331 e. The summed E-state index contributed by atoms with van der Waals surface area (Å²) in [6.45, 7) is 29.3. The van der Waals surface area contributed by atoms with Gasteiger partial charge in [-0.05, 0) is 161 Å². The van der Waals surface area contributed by atoms with E-state index >= 15 is 0 Å². The molecule has 2 aliphatic carbocycles. The van der Waals surface area contributed by atoms with Gasteiger partial charge in [-0.25, -0.2) is 9.59 Å². The predicted octanol–water partition coefficient (Wildman–Crippen LogP) is 19.2. The highest BCUT2D eigenvalue weighted by Crippen LogP contribution is 2.29. The lowest BCUT2D eigenvalue weighted by Crippen LogP contribution is -2.53. The molecule has 0 atom stereocenters. The number of piperazine rings is 1. The summed E-state index contributed by atoms with van der Waals surface area (Å²) in [6.07, 6.45) is 41.4. The van der Waals surface area contributed by atoms with E-state index < -0.39 is 0 Å². The van der Waals surface area contributed by atoms with Crippen LogP contribution in [0.1, 0.15) is 286 Å². The Morgan fingerprint density at radius 1 is 0.380 bits per heavy atom. The van der Waals surface area contributed by atoms with Crippen molar-refractivity contribution in [3.63, 3.8) is 0 Å². The van der Waals surface area contributed by atoms with Gasteiger partial charge < -0.3 is 44.1 Å². The summed E-state index contributed by atoms with van der Waals surface area (Å²) >= 11 is 0. The predicted molar refractivity (Wildman–Crippen MR) is 409 cm³/mol. The summed E-state index contributed by atoms with van der Waals surface area (Å²) in [5, 5.41) is 6.31. The van der Waals surface area contributed by atoms with Gasteiger partial charge in [0.05, 0.1) is 19.8 Å². The Hall–Kier alpha value is -6.90. The Kier molecular flexibility index (Phi) is 41.1. The first-order chi connectivity index (χ1) is 48.0. The molecule has 3 aliphatic rings. The number of esters is 2. The number of nitrogens with zero attached hydrogens (tertiary/aromatic N) is 2. The molecule has 0 bridgehead atoms. The van der Waals surface area contributed by atoms with E-state index in [4.69, 9.17) is 23.7 Å². The Morgan fingerprint density at radius 3 is 0.990 bits per heavy atom. The summed E-state index contributed by atoms with van der Waals surface area (Å²) in [5.74, 6) is 2.35. The number of carbonyl (C=O) groups is 6. The van der Waals surface area contributed by atoms with Crippen LogP contribution in [0.15, 0.2) is 91.0 Å². The maximum atomic E-state index is 12.6. The second-order valence-corrected chi connectivity index (χ2v) is 29.7. The van der Waals surface area contributed by atoms with Gasteiger partial charge >= 0.3 is 11.9 Å². The van der Waals surface area contributed by atoms with Gasteiger partial charge in [-0.15, -0.1) is 0 Å². The molecule has 100 heavy (non-hydrogen) atoms. The minimum absolute atomic E-state index is 0.00440. The highest BCUT2D eigenvalue weighted by molar-refractivity contribution is 5.92. The van der Waals surface area contributed by atoms with Crippen molar-refractivity contribution >= 4 is 53.8 Å². The number of ether oxygens (including phenoxy) is 5. The molecule has 1 heterocycles. The number of hydrogen-bond acceptors (Lipinski definition) is 11. The molecule has 3 aromatic carbocycles. The van der Waals surface area contributed by atoms with Crippen LogP contribution in [-0.4, -0.2) is 116 Å². The van der Waals surface area contributed by atoms with Crippen LogP contribution in [0.2, 0.25) is 0 Å². The average Bonchev–Trinajstić information content (AvgIpc) is 0.849. The lowest BCUT2D eigenvalue weighted by molar-refractivity contribution is -0.145. The molecule has 0 unspecified atom stereocenters. The maximum absolute atomic E-state index is 12.6. The van der Waals surface area contributed by atoms with Crippen molar-refractivity contribution in [1.29, 1.82) is 0 Å². The molecule has 0 aromatic heterocycles. The van der Waals surface area contributed by atoms with Gasteiger partial charge in [-0.1, -0.05) is 216 Å². The van der Waals surface area contributed by atoms with E-state index in [0.29, 0.717) is 26.2 Å². The van der Waals surface area contributed by atoms with Crippen LogP contribution < -0.4 is 24.8 Å². The molecule has 558 valence electrons. The van der Waals surface area contributed by atoms with E-state index in [1.807, 2.05) is 151 Å². The van der Waals surface area contributed by atoms with Gasteiger partial charge in [0.2, 0.25) is 23.6 Å². The number of carbonyl (C=O) groups excluding carboxylic acids is 6. The molecule has 1 saturated heterocycles. The van der Waals surface area contributed by atoms with Crippen LogP contribution in [-0.2, 0) is 38.2 Å².